The van der Waals surface area contributed by atoms with Crippen molar-refractivity contribution in [2.24, 2.45) is 0 Å². The van der Waals surface area contributed by atoms with Crippen molar-refractivity contribution in [3.05, 3.63) is 29.6 Å². The van der Waals surface area contributed by atoms with Crippen LogP contribution in [0.2, 0.25) is 0 Å². The number of benzene rings is 1. The first-order valence-electron chi connectivity index (χ1n) is 14.3. The Morgan fingerprint density at radius 2 is 1.91 bits per heavy atom. The van der Waals surface area contributed by atoms with Gasteiger partial charge in [-0.2, -0.15) is 18.2 Å². The fourth-order valence-corrected chi connectivity index (χ4v) is 5.54. The van der Waals surface area contributed by atoms with Crippen LogP contribution >= 0.6 is 11.3 Å². The standard InChI is InChI=1S/C29H39F3N6O4S/c1-6-7-8-19(16-33-27(39)42-28(2,3)4)34-24-23(25(40-5)37-22(36-24)17-38-11-13-41-14-12-38)26-35-20-15-18(29(30,31)32)9-10-21(20)43-26/h9-10,15,19H,6-8,11-14,16-17H2,1-5H3,(H,33,39)(H,34,36,37)/t19-/m1/s1. The molecule has 10 nitrogen and oxygen atoms in total. The van der Waals surface area contributed by atoms with E-state index in [4.69, 9.17) is 19.2 Å². The third kappa shape index (κ3) is 9.13. The number of alkyl carbamates (subject to hydrolysis) is 1. The molecule has 0 saturated carbocycles. The zero-order valence-electron chi connectivity index (χ0n) is 25.1. The lowest BCUT2D eigenvalue weighted by Gasteiger charge is -2.27. The molecule has 0 unspecified atom stereocenters. The molecule has 1 amide bonds. The predicted molar refractivity (Wildman–Crippen MR) is 159 cm³/mol. The van der Waals surface area contributed by atoms with E-state index < -0.39 is 23.4 Å². The summed E-state index contributed by atoms with van der Waals surface area (Å²) in [5.41, 5.74) is -0.750. The second kappa shape index (κ2) is 14.0. The van der Waals surface area contributed by atoms with Gasteiger partial charge in [0.15, 0.2) is 0 Å². The van der Waals surface area contributed by atoms with Crippen LogP contribution < -0.4 is 15.4 Å². The number of fused-ring (bicyclic) bond motifs is 1. The van der Waals surface area contributed by atoms with E-state index in [0.717, 1.165) is 38.1 Å². The number of nitrogens with zero attached hydrogens (tertiary/aromatic N) is 4. The molecule has 0 bridgehead atoms. The highest BCUT2D eigenvalue weighted by Gasteiger charge is 2.31. The van der Waals surface area contributed by atoms with E-state index in [9.17, 15) is 18.0 Å². The number of unbranched alkanes of at least 4 members (excludes halogenated alkanes) is 1. The molecule has 4 rings (SSSR count). The number of carbonyl (C=O) groups is 1. The van der Waals surface area contributed by atoms with Crippen molar-refractivity contribution in [3.63, 3.8) is 0 Å². The monoisotopic (exact) mass is 624 g/mol. The van der Waals surface area contributed by atoms with Crippen molar-refractivity contribution < 1.29 is 32.2 Å². The van der Waals surface area contributed by atoms with Gasteiger partial charge >= 0.3 is 12.3 Å². The molecule has 2 N–H and O–H groups in total. The number of morpholine rings is 1. The van der Waals surface area contributed by atoms with E-state index in [0.29, 0.717) is 53.1 Å². The van der Waals surface area contributed by atoms with Crippen molar-refractivity contribution >= 4 is 33.5 Å². The summed E-state index contributed by atoms with van der Waals surface area (Å²) >= 11 is 1.23. The van der Waals surface area contributed by atoms with E-state index in [1.165, 1.54) is 24.5 Å². The number of amides is 1. The number of rotatable bonds is 11. The number of alkyl halides is 3. The van der Waals surface area contributed by atoms with Crippen LogP contribution in [-0.2, 0) is 22.2 Å². The van der Waals surface area contributed by atoms with E-state index in [2.05, 4.69) is 32.4 Å². The zero-order chi connectivity index (χ0) is 31.2. The molecular weight excluding hydrogens is 585 g/mol. The molecule has 1 aromatic carbocycles. The molecule has 0 aliphatic carbocycles. The number of anilines is 1. The van der Waals surface area contributed by atoms with Gasteiger partial charge in [0.25, 0.3) is 0 Å². The number of hydrogen-bond acceptors (Lipinski definition) is 10. The third-order valence-electron chi connectivity index (χ3n) is 6.65. The SMILES string of the molecule is CCCC[C@H](CNC(=O)OC(C)(C)C)Nc1nc(CN2CCOCC2)nc(OC)c1-c1nc2cc(C(F)(F)F)ccc2s1. The summed E-state index contributed by atoms with van der Waals surface area (Å²) in [6, 6.07) is 3.26. The largest absolute Gasteiger partial charge is 0.480 e. The average molecular weight is 625 g/mol. The fraction of sp³-hybridized carbons (Fsp3) is 0.586. The van der Waals surface area contributed by atoms with Gasteiger partial charge in [0.05, 0.1) is 42.6 Å². The number of aromatic nitrogens is 3. The van der Waals surface area contributed by atoms with E-state index >= 15 is 0 Å². The van der Waals surface area contributed by atoms with Crippen LogP contribution in [0.25, 0.3) is 20.8 Å². The molecule has 0 radical (unpaired) electrons. The van der Waals surface area contributed by atoms with Gasteiger partial charge in [-0.05, 0) is 45.4 Å². The fourth-order valence-electron chi connectivity index (χ4n) is 4.56. The number of methoxy groups -OCH3 is 1. The van der Waals surface area contributed by atoms with E-state index in [-0.39, 0.29) is 24.0 Å². The van der Waals surface area contributed by atoms with E-state index in [1.54, 1.807) is 20.8 Å². The Balaban J connectivity index is 1.73. The van der Waals surface area contributed by atoms with Gasteiger partial charge in [-0.15, -0.1) is 11.3 Å². The minimum absolute atomic E-state index is 0.217. The van der Waals surface area contributed by atoms with Crippen LogP contribution in [0.5, 0.6) is 5.88 Å². The Hall–Kier alpha value is -3.23. The number of ether oxygens (including phenoxy) is 3. The Bertz CT molecular complexity index is 1390. The molecule has 0 spiro atoms. The zero-order valence-corrected chi connectivity index (χ0v) is 26.0. The first-order chi connectivity index (χ1) is 20.4. The van der Waals surface area contributed by atoms with Gasteiger partial charge < -0.3 is 24.8 Å². The average Bonchev–Trinajstić information content (AvgIpc) is 3.36. The summed E-state index contributed by atoms with van der Waals surface area (Å²) in [6.45, 7) is 10.9. The Morgan fingerprint density at radius 3 is 2.56 bits per heavy atom. The van der Waals surface area contributed by atoms with Gasteiger partial charge in [-0.1, -0.05) is 19.8 Å². The quantitative estimate of drug-likeness (QED) is 0.261. The summed E-state index contributed by atoms with van der Waals surface area (Å²) < 4.78 is 57.4. The van der Waals surface area contributed by atoms with Crippen LogP contribution in [-0.4, -0.2) is 77.5 Å². The Labute approximate surface area is 253 Å². The van der Waals surface area contributed by atoms with Crippen molar-refractivity contribution in [1.29, 1.82) is 0 Å². The molecule has 1 atom stereocenters. The number of hydrogen-bond donors (Lipinski definition) is 2. The summed E-state index contributed by atoms with van der Waals surface area (Å²) in [6.07, 6.45) is -2.48. The maximum Gasteiger partial charge on any atom is 0.416 e. The predicted octanol–water partition coefficient (Wildman–Crippen LogP) is 6.11. The van der Waals surface area contributed by atoms with Gasteiger partial charge in [-0.25, -0.2) is 14.8 Å². The Morgan fingerprint density at radius 1 is 1.16 bits per heavy atom. The third-order valence-corrected chi connectivity index (χ3v) is 7.71. The van der Waals surface area contributed by atoms with Crippen molar-refractivity contribution in [3.8, 4) is 16.5 Å². The van der Waals surface area contributed by atoms with Crippen LogP contribution in [0, 0.1) is 0 Å². The first-order valence-corrected chi connectivity index (χ1v) is 15.1. The smallest absolute Gasteiger partial charge is 0.416 e. The molecule has 3 aromatic rings. The highest BCUT2D eigenvalue weighted by molar-refractivity contribution is 7.21. The van der Waals surface area contributed by atoms with Gasteiger partial charge in [-0.3, -0.25) is 4.90 Å². The lowest BCUT2D eigenvalue weighted by molar-refractivity contribution is -0.137. The molecule has 3 heterocycles. The number of halogens is 3. The highest BCUT2D eigenvalue weighted by atomic mass is 32.1. The number of thiazole rings is 1. The van der Waals surface area contributed by atoms with Crippen LogP contribution in [0.1, 0.15) is 58.3 Å². The van der Waals surface area contributed by atoms with Crippen LogP contribution in [0.4, 0.5) is 23.8 Å². The Kier molecular flexibility index (Phi) is 10.7. The normalized spacial score (nSPS) is 15.3. The molecule has 1 fully saturated rings. The highest BCUT2D eigenvalue weighted by Crippen LogP contribution is 2.41. The van der Waals surface area contributed by atoms with Crippen LogP contribution in [0.15, 0.2) is 18.2 Å². The minimum atomic E-state index is -4.49. The van der Waals surface area contributed by atoms with E-state index in [1.807, 2.05) is 0 Å². The maximum absolute atomic E-state index is 13.4. The molecule has 2 aromatic heterocycles. The molecule has 1 aliphatic heterocycles. The topological polar surface area (TPSA) is 111 Å². The summed E-state index contributed by atoms with van der Waals surface area (Å²) in [7, 11) is 1.49. The number of carbonyl (C=O) groups excluding carboxylic acids is 1. The van der Waals surface area contributed by atoms with Crippen LogP contribution in [0.3, 0.4) is 0 Å². The summed E-state index contributed by atoms with van der Waals surface area (Å²) in [5.74, 6) is 1.20. The molecule has 43 heavy (non-hydrogen) atoms. The second-order valence-electron chi connectivity index (χ2n) is 11.3. The lowest BCUT2D eigenvalue weighted by Crippen LogP contribution is -2.40. The van der Waals surface area contributed by atoms with Gasteiger partial charge in [0.2, 0.25) is 5.88 Å². The summed E-state index contributed by atoms with van der Waals surface area (Å²) in [4.78, 5) is 28.7. The van der Waals surface area contributed by atoms with Crippen molar-refractivity contribution in [2.45, 2.75) is 71.3 Å². The first kappa shape index (κ1) is 32.7. The number of nitrogens with one attached hydrogen (secondary N) is 2. The lowest BCUT2D eigenvalue weighted by atomic mass is 10.1. The van der Waals surface area contributed by atoms with Gasteiger partial charge in [0.1, 0.15) is 27.8 Å². The maximum atomic E-state index is 13.4. The van der Waals surface area contributed by atoms with Crippen molar-refractivity contribution in [1.82, 2.24) is 25.2 Å². The molecular formula is C29H39F3N6O4S. The second-order valence-corrected chi connectivity index (χ2v) is 12.4. The van der Waals surface area contributed by atoms with Gasteiger partial charge in [0, 0.05) is 25.7 Å². The molecule has 1 saturated heterocycles. The molecule has 1 aliphatic rings. The summed E-state index contributed by atoms with van der Waals surface area (Å²) in [5, 5.41) is 6.73. The van der Waals surface area contributed by atoms with Crippen molar-refractivity contribution in [2.75, 3.05) is 45.3 Å². The molecule has 14 heteroatoms. The molecule has 236 valence electrons. The minimum Gasteiger partial charge on any atom is -0.480 e.